The van der Waals surface area contributed by atoms with Gasteiger partial charge in [0, 0.05) is 25.2 Å². The molecule has 2 amide bonds. The van der Waals surface area contributed by atoms with Crippen molar-refractivity contribution in [2.24, 2.45) is 5.92 Å². The molecular weight excluding hydrogens is 312 g/mol. The van der Waals surface area contributed by atoms with Crippen LogP contribution in [0.4, 0.5) is 0 Å². The average Bonchev–Trinajstić information content (AvgIpc) is 3.06. The van der Waals surface area contributed by atoms with E-state index < -0.39 is 0 Å². The van der Waals surface area contributed by atoms with Gasteiger partial charge < -0.3 is 15.0 Å². The number of benzene rings is 1. The lowest BCUT2D eigenvalue weighted by atomic mass is 9.98. The smallest absolute Gasteiger partial charge is 0.263 e. The highest BCUT2D eigenvalue weighted by molar-refractivity contribution is 7.12. The number of amides is 2. The number of carbonyl (C=O) groups is 2. The zero-order chi connectivity index (χ0) is 16.2. The number of rotatable bonds is 5. The fraction of sp³-hybridized carbons (Fsp3) is 0.294. The van der Waals surface area contributed by atoms with Gasteiger partial charge in [-0.05, 0) is 17.5 Å². The Balaban J connectivity index is 1.48. The predicted octanol–water partition coefficient (Wildman–Crippen LogP) is 2.15. The number of methoxy groups -OCH3 is 1. The van der Waals surface area contributed by atoms with Crippen molar-refractivity contribution in [2.75, 3.05) is 20.2 Å². The maximum absolute atomic E-state index is 12.2. The molecule has 6 heteroatoms. The standard InChI is InChI=1S/C17H18N2O3S/c1-22-14-6-3-2-5-12(14)9-18-16(20)13-10-19(11-13)17(21)15-7-4-8-23-15/h2-8,13H,9-11H2,1H3,(H,18,20). The zero-order valence-electron chi connectivity index (χ0n) is 12.8. The first kappa shape index (κ1) is 15.6. The number of para-hydroxylation sites is 1. The van der Waals surface area contributed by atoms with Crippen molar-refractivity contribution in [3.05, 3.63) is 52.2 Å². The van der Waals surface area contributed by atoms with Crippen molar-refractivity contribution in [2.45, 2.75) is 6.54 Å². The Hall–Kier alpha value is -2.34. The average molecular weight is 330 g/mol. The van der Waals surface area contributed by atoms with Crippen molar-refractivity contribution in [1.29, 1.82) is 0 Å². The van der Waals surface area contributed by atoms with E-state index >= 15 is 0 Å². The van der Waals surface area contributed by atoms with Gasteiger partial charge in [-0.25, -0.2) is 0 Å². The van der Waals surface area contributed by atoms with Crippen LogP contribution in [0.25, 0.3) is 0 Å². The molecule has 2 aromatic rings. The van der Waals surface area contributed by atoms with Crippen LogP contribution in [0.15, 0.2) is 41.8 Å². The van der Waals surface area contributed by atoms with Crippen LogP contribution in [0, 0.1) is 5.92 Å². The lowest BCUT2D eigenvalue weighted by Crippen LogP contribution is -2.55. The van der Waals surface area contributed by atoms with Crippen molar-refractivity contribution >= 4 is 23.2 Å². The molecule has 0 spiro atoms. The summed E-state index contributed by atoms with van der Waals surface area (Å²) in [6.45, 7) is 1.39. The van der Waals surface area contributed by atoms with Gasteiger partial charge in [0.15, 0.2) is 0 Å². The van der Waals surface area contributed by atoms with Gasteiger partial charge in [-0.15, -0.1) is 11.3 Å². The maximum atomic E-state index is 12.2. The van der Waals surface area contributed by atoms with Crippen LogP contribution in [0.1, 0.15) is 15.2 Å². The number of nitrogens with zero attached hydrogens (tertiary/aromatic N) is 1. The van der Waals surface area contributed by atoms with E-state index in [0.717, 1.165) is 16.2 Å². The maximum Gasteiger partial charge on any atom is 0.263 e. The molecule has 0 saturated carbocycles. The first-order valence-corrected chi connectivity index (χ1v) is 8.29. The summed E-state index contributed by atoms with van der Waals surface area (Å²) in [6, 6.07) is 11.3. The molecule has 0 unspecified atom stereocenters. The van der Waals surface area contributed by atoms with Crippen LogP contribution in [-0.4, -0.2) is 36.9 Å². The second-order valence-corrected chi connectivity index (χ2v) is 6.36. The Bertz CT molecular complexity index is 694. The SMILES string of the molecule is COc1ccccc1CNC(=O)C1CN(C(=O)c2cccs2)C1. The minimum absolute atomic E-state index is 0.00813. The first-order chi connectivity index (χ1) is 11.2. The normalized spacial score (nSPS) is 14.2. The summed E-state index contributed by atoms with van der Waals surface area (Å²) in [6.07, 6.45) is 0. The Labute approximate surface area is 138 Å². The molecule has 1 aliphatic heterocycles. The highest BCUT2D eigenvalue weighted by atomic mass is 32.1. The molecule has 3 rings (SSSR count). The van der Waals surface area contributed by atoms with E-state index in [1.54, 1.807) is 12.0 Å². The summed E-state index contributed by atoms with van der Waals surface area (Å²) < 4.78 is 5.27. The Morgan fingerprint density at radius 1 is 1.26 bits per heavy atom. The fourth-order valence-corrected chi connectivity index (χ4v) is 3.23. The Morgan fingerprint density at radius 3 is 2.74 bits per heavy atom. The molecule has 0 bridgehead atoms. The van der Waals surface area contributed by atoms with Crippen LogP contribution in [0.3, 0.4) is 0 Å². The molecule has 1 fully saturated rings. The third-order valence-corrected chi connectivity index (χ3v) is 4.77. The Morgan fingerprint density at radius 2 is 2.04 bits per heavy atom. The summed E-state index contributed by atoms with van der Waals surface area (Å²) in [4.78, 5) is 26.7. The van der Waals surface area contributed by atoms with E-state index in [1.165, 1.54) is 11.3 Å². The van der Waals surface area contributed by atoms with E-state index in [1.807, 2.05) is 41.8 Å². The van der Waals surface area contributed by atoms with Crippen molar-refractivity contribution < 1.29 is 14.3 Å². The second kappa shape index (κ2) is 6.83. The van der Waals surface area contributed by atoms with Crippen molar-refractivity contribution in [3.8, 4) is 5.75 Å². The van der Waals surface area contributed by atoms with Crippen molar-refractivity contribution in [3.63, 3.8) is 0 Å². The molecule has 5 nitrogen and oxygen atoms in total. The highest BCUT2D eigenvalue weighted by Gasteiger charge is 2.36. The van der Waals surface area contributed by atoms with Crippen molar-refractivity contribution in [1.82, 2.24) is 10.2 Å². The summed E-state index contributed by atoms with van der Waals surface area (Å²) in [7, 11) is 1.61. The molecule has 23 heavy (non-hydrogen) atoms. The summed E-state index contributed by atoms with van der Waals surface area (Å²) in [5.41, 5.74) is 0.939. The lowest BCUT2D eigenvalue weighted by molar-refractivity contribution is -0.129. The summed E-state index contributed by atoms with van der Waals surface area (Å²) >= 11 is 1.42. The molecule has 1 aromatic heterocycles. The van der Waals surface area contributed by atoms with E-state index in [-0.39, 0.29) is 17.7 Å². The zero-order valence-corrected chi connectivity index (χ0v) is 13.6. The van der Waals surface area contributed by atoms with Gasteiger partial charge in [-0.3, -0.25) is 9.59 Å². The first-order valence-electron chi connectivity index (χ1n) is 7.41. The molecule has 120 valence electrons. The van der Waals surface area contributed by atoms with E-state index in [2.05, 4.69) is 5.32 Å². The molecule has 0 aliphatic carbocycles. The van der Waals surface area contributed by atoms with Crippen LogP contribution in [0.2, 0.25) is 0 Å². The number of hydrogen-bond acceptors (Lipinski definition) is 4. The van der Waals surface area contributed by atoms with E-state index in [9.17, 15) is 9.59 Å². The molecule has 1 aromatic carbocycles. The van der Waals surface area contributed by atoms with Gasteiger partial charge >= 0.3 is 0 Å². The second-order valence-electron chi connectivity index (χ2n) is 5.41. The van der Waals surface area contributed by atoms with Crippen LogP contribution >= 0.6 is 11.3 Å². The minimum atomic E-state index is -0.131. The predicted molar refractivity (Wildman–Crippen MR) is 88.6 cm³/mol. The lowest BCUT2D eigenvalue weighted by Gasteiger charge is -2.37. The van der Waals surface area contributed by atoms with E-state index in [4.69, 9.17) is 4.74 Å². The molecular formula is C17H18N2O3S. The van der Waals surface area contributed by atoms with Gasteiger partial charge in [0.2, 0.25) is 5.91 Å². The molecule has 1 aliphatic rings. The molecule has 1 saturated heterocycles. The number of likely N-dealkylation sites (tertiary alicyclic amines) is 1. The minimum Gasteiger partial charge on any atom is -0.496 e. The van der Waals surface area contributed by atoms with Crippen LogP contribution < -0.4 is 10.1 Å². The van der Waals surface area contributed by atoms with Crippen LogP contribution in [-0.2, 0) is 11.3 Å². The number of ether oxygens (including phenoxy) is 1. The number of nitrogens with one attached hydrogen (secondary N) is 1. The summed E-state index contributed by atoms with van der Waals surface area (Å²) in [5.74, 6) is 0.615. The summed E-state index contributed by atoms with van der Waals surface area (Å²) in [5, 5.41) is 4.79. The van der Waals surface area contributed by atoms with Crippen LogP contribution in [0.5, 0.6) is 5.75 Å². The third kappa shape index (κ3) is 3.37. The third-order valence-electron chi connectivity index (χ3n) is 3.92. The number of hydrogen-bond donors (Lipinski definition) is 1. The van der Waals surface area contributed by atoms with Gasteiger partial charge in [-0.1, -0.05) is 24.3 Å². The fourth-order valence-electron chi connectivity index (χ4n) is 2.54. The Kier molecular flexibility index (Phi) is 4.62. The van der Waals surface area contributed by atoms with Gasteiger partial charge in [-0.2, -0.15) is 0 Å². The quantitative estimate of drug-likeness (QED) is 0.914. The molecule has 0 atom stereocenters. The van der Waals surface area contributed by atoms with Gasteiger partial charge in [0.05, 0.1) is 17.9 Å². The molecule has 1 N–H and O–H groups in total. The topological polar surface area (TPSA) is 58.6 Å². The molecule has 0 radical (unpaired) electrons. The monoisotopic (exact) mass is 330 g/mol. The highest BCUT2D eigenvalue weighted by Crippen LogP contribution is 2.22. The van der Waals surface area contributed by atoms with Gasteiger partial charge in [0.1, 0.15) is 5.75 Å². The van der Waals surface area contributed by atoms with E-state index in [0.29, 0.717) is 19.6 Å². The number of thiophene rings is 1. The largest absolute Gasteiger partial charge is 0.496 e. The number of carbonyl (C=O) groups excluding carboxylic acids is 2. The van der Waals surface area contributed by atoms with Gasteiger partial charge in [0.25, 0.3) is 5.91 Å². The molecule has 2 heterocycles.